The number of nitrogens with one attached hydrogen (secondary N) is 1. The molecule has 0 saturated heterocycles. The lowest BCUT2D eigenvalue weighted by Crippen LogP contribution is -2.44. The van der Waals surface area contributed by atoms with Crippen molar-refractivity contribution in [3.05, 3.63) is 58.6 Å². The van der Waals surface area contributed by atoms with Crippen LogP contribution in [0.1, 0.15) is 24.0 Å². The summed E-state index contributed by atoms with van der Waals surface area (Å²) in [6.07, 6.45) is -6.44. The number of aliphatic carboxylic acids is 1. The zero-order valence-electron chi connectivity index (χ0n) is 17.2. The van der Waals surface area contributed by atoms with E-state index < -0.39 is 57.0 Å². The summed E-state index contributed by atoms with van der Waals surface area (Å²) in [4.78, 5) is 10.7. The monoisotopic (exact) mass is 492 g/mol. The fraction of sp³-hybridized carbons (Fsp3) is 0.381. The highest BCUT2D eigenvalue weighted by atomic mass is 35.5. The van der Waals surface area contributed by atoms with E-state index in [1.807, 2.05) is 13.0 Å². The lowest BCUT2D eigenvalue weighted by molar-refractivity contribution is -0.267. The van der Waals surface area contributed by atoms with Crippen LogP contribution in [0.25, 0.3) is 11.1 Å². The molecule has 0 aliphatic carbocycles. The Kier molecular flexibility index (Phi) is 7.98. The summed E-state index contributed by atoms with van der Waals surface area (Å²) in [6.45, 7) is 1.85. The van der Waals surface area contributed by atoms with Crippen molar-refractivity contribution >= 4 is 27.3 Å². The van der Waals surface area contributed by atoms with Crippen molar-refractivity contribution in [2.75, 3.05) is 11.5 Å². The smallest absolute Gasteiger partial charge is 0.421 e. The van der Waals surface area contributed by atoms with Gasteiger partial charge in [-0.15, -0.1) is 0 Å². The van der Waals surface area contributed by atoms with Gasteiger partial charge in [0.25, 0.3) is 0 Å². The maximum absolute atomic E-state index is 13.8. The number of halogens is 4. The summed E-state index contributed by atoms with van der Waals surface area (Å²) in [5.41, 5.74) is 3.59. The second-order valence-electron chi connectivity index (χ2n) is 7.62. The van der Waals surface area contributed by atoms with Crippen molar-refractivity contribution in [1.82, 2.24) is 0 Å². The molecule has 11 heteroatoms. The number of carbonyl (C=O) groups is 1. The Morgan fingerprint density at radius 3 is 2.28 bits per heavy atom. The Balaban J connectivity index is 2.26. The summed E-state index contributed by atoms with van der Waals surface area (Å²) >= 11 is 6.21. The molecule has 0 radical (unpaired) electrons. The van der Waals surface area contributed by atoms with Crippen molar-refractivity contribution in [2.24, 2.45) is 5.73 Å². The van der Waals surface area contributed by atoms with Gasteiger partial charge in [0.2, 0.25) is 0 Å². The van der Waals surface area contributed by atoms with Crippen LogP contribution in [-0.4, -0.2) is 44.1 Å². The Hall–Kier alpha value is -2.14. The van der Waals surface area contributed by atoms with Gasteiger partial charge in [-0.2, -0.15) is 13.2 Å². The van der Waals surface area contributed by atoms with Crippen LogP contribution in [0.15, 0.2) is 42.5 Å². The normalized spacial score (nSPS) is 16.7. The number of carboxylic acid groups (broad SMARTS) is 1. The molecule has 0 aliphatic rings. The average molecular weight is 493 g/mol. The van der Waals surface area contributed by atoms with Gasteiger partial charge in [0, 0.05) is 38.2 Å². The first-order valence-electron chi connectivity index (χ1n) is 9.55. The van der Waals surface area contributed by atoms with E-state index in [9.17, 15) is 27.3 Å². The summed E-state index contributed by atoms with van der Waals surface area (Å²) < 4.78 is 61.5. The summed E-state index contributed by atoms with van der Waals surface area (Å²) in [6, 6.07) is 8.92. The number of aliphatic hydroxyl groups is 1. The average Bonchev–Trinajstić information content (AvgIpc) is 2.69. The van der Waals surface area contributed by atoms with Crippen molar-refractivity contribution < 1.29 is 32.4 Å². The van der Waals surface area contributed by atoms with E-state index >= 15 is 0 Å². The van der Waals surface area contributed by atoms with Gasteiger partial charge in [-0.3, -0.25) is 9.57 Å². The van der Waals surface area contributed by atoms with Gasteiger partial charge in [-0.05, 0) is 36.1 Å². The first-order chi connectivity index (χ1) is 14.7. The van der Waals surface area contributed by atoms with Gasteiger partial charge in [-0.1, -0.05) is 48.0 Å². The fourth-order valence-corrected chi connectivity index (χ4v) is 4.89. The lowest BCUT2D eigenvalue weighted by atomic mass is 9.89. The maximum Gasteiger partial charge on any atom is 0.421 e. The fourth-order valence-electron chi connectivity index (χ4n) is 3.08. The van der Waals surface area contributed by atoms with E-state index in [1.165, 1.54) is 12.1 Å². The van der Waals surface area contributed by atoms with Crippen LogP contribution in [0, 0.1) is 11.7 Å². The zero-order chi connectivity index (χ0) is 24.3. The highest BCUT2D eigenvalue weighted by molar-refractivity contribution is 7.92. The molecule has 0 amide bonds. The van der Waals surface area contributed by atoms with Gasteiger partial charge in [-0.25, -0.2) is 4.21 Å². The highest BCUT2D eigenvalue weighted by Gasteiger charge is 2.54. The number of nitrogens with two attached hydrogens (primary N) is 1. The molecular formula is C21H24ClF3N2O4S. The second-order valence-corrected chi connectivity index (χ2v) is 10.5. The molecule has 176 valence electrons. The van der Waals surface area contributed by atoms with Gasteiger partial charge in [0.05, 0.1) is 0 Å². The van der Waals surface area contributed by atoms with Crippen molar-refractivity contribution in [2.45, 2.75) is 37.6 Å². The number of hydrogen-bond donors (Lipinski definition) is 4. The third kappa shape index (κ3) is 6.22. The summed E-state index contributed by atoms with van der Waals surface area (Å²) in [7, 11) is -3.59. The van der Waals surface area contributed by atoms with Crippen LogP contribution in [0.5, 0.6) is 0 Å². The first kappa shape index (κ1) is 26.1. The molecular weight excluding hydrogens is 469 g/mol. The summed E-state index contributed by atoms with van der Waals surface area (Å²) in [5, 5.41) is 19.7. The zero-order valence-corrected chi connectivity index (χ0v) is 18.7. The third-order valence-electron chi connectivity index (χ3n) is 5.14. The van der Waals surface area contributed by atoms with Crippen LogP contribution < -0.4 is 5.73 Å². The molecule has 0 saturated carbocycles. The maximum atomic E-state index is 13.8. The number of rotatable bonds is 9. The van der Waals surface area contributed by atoms with E-state index in [4.69, 9.17) is 27.2 Å². The van der Waals surface area contributed by atoms with Crippen molar-refractivity contribution in [3.63, 3.8) is 0 Å². The standard InChI is InChI=1S/C21H24ClF3N2O4S/c1-13-2-7-16(17(22)12-13)14-3-5-15(6-4-14)20(30,21(23,24)25)9-11-32(27,31)10-8-18(26)19(28)29/h2-7,12,18,27,30H,8-11,26H2,1H3,(H,28,29)/t18-,20?,32?/m0/s1. The third-order valence-corrected chi connectivity index (χ3v) is 7.21. The first-order valence-corrected chi connectivity index (χ1v) is 11.8. The molecule has 2 aromatic carbocycles. The van der Waals surface area contributed by atoms with E-state index in [2.05, 4.69) is 0 Å². The number of alkyl halides is 3. The highest BCUT2D eigenvalue weighted by Crippen LogP contribution is 2.42. The Labute approximate surface area is 189 Å². The van der Waals surface area contributed by atoms with Gasteiger partial charge in [0.1, 0.15) is 6.04 Å². The molecule has 0 bridgehead atoms. The van der Waals surface area contributed by atoms with Crippen molar-refractivity contribution in [3.8, 4) is 11.1 Å². The molecule has 2 unspecified atom stereocenters. The predicted molar refractivity (Wildman–Crippen MR) is 117 cm³/mol. The number of aryl methyl sites for hydroxylation is 1. The van der Waals surface area contributed by atoms with E-state index in [-0.39, 0.29) is 6.42 Å². The van der Waals surface area contributed by atoms with E-state index in [0.29, 0.717) is 16.1 Å². The molecule has 32 heavy (non-hydrogen) atoms. The molecule has 0 aromatic heterocycles. The number of hydrogen-bond acceptors (Lipinski definition) is 5. The van der Waals surface area contributed by atoms with Crippen LogP contribution in [0.2, 0.25) is 5.02 Å². The molecule has 2 rings (SSSR count). The van der Waals surface area contributed by atoms with Crippen LogP contribution >= 0.6 is 11.6 Å². The Morgan fingerprint density at radius 1 is 1.19 bits per heavy atom. The molecule has 0 heterocycles. The largest absolute Gasteiger partial charge is 0.480 e. The Morgan fingerprint density at radius 2 is 1.78 bits per heavy atom. The van der Waals surface area contributed by atoms with Crippen molar-refractivity contribution in [1.29, 1.82) is 4.78 Å². The second kappa shape index (κ2) is 9.78. The van der Waals surface area contributed by atoms with Crippen LogP contribution in [0.4, 0.5) is 13.2 Å². The van der Waals surface area contributed by atoms with Gasteiger partial charge in [0.15, 0.2) is 5.60 Å². The molecule has 0 fully saturated rings. The SMILES string of the molecule is Cc1ccc(-c2ccc(C(O)(CCS(=N)(=O)CC[C@H](N)C(=O)O)C(F)(F)F)cc2)c(Cl)c1. The number of carboxylic acids is 1. The van der Waals surface area contributed by atoms with E-state index in [0.717, 1.165) is 17.7 Å². The molecule has 3 atom stereocenters. The van der Waals surface area contributed by atoms with Gasteiger partial charge < -0.3 is 15.9 Å². The summed E-state index contributed by atoms with van der Waals surface area (Å²) in [5.74, 6) is -2.62. The molecule has 6 nitrogen and oxygen atoms in total. The lowest BCUT2D eigenvalue weighted by Gasteiger charge is -2.31. The minimum absolute atomic E-state index is 0.325. The topological polar surface area (TPSA) is 124 Å². The van der Waals surface area contributed by atoms with Crippen LogP contribution in [-0.2, 0) is 20.1 Å². The number of benzene rings is 2. The van der Waals surface area contributed by atoms with Gasteiger partial charge >= 0.3 is 12.1 Å². The minimum atomic E-state index is -5.09. The predicted octanol–water partition coefficient (Wildman–Crippen LogP) is 4.30. The molecule has 2 aromatic rings. The quantitative estimate of drug-likeness (QED) is 0.415. The molecule has 0 aliphatic heterocycles. The van der Waals surface area contributed by atoms with Crippen LogP contribution in [0.3, 0.4) is 0 Å². The van der Waals surface area contributed by atoms with E-state index in [1.54, 1.807) is 12.1 Å². The molecule has 0 spiro atoms. The Bertz CT molecular complexity index is 1080. The minimum Gasteiger partial charge on any atom is -0.480 e. The molecule has 5 N–H and O–H groups in total.